The summed E-state index contributed by atoms with van der Waals surface area (Å²) >= 11 is 0. The second-order valence-corrected chi connectivity index (χ2v) is 8.59. The van der Waals surface area contributed by atoms with Crippen molar-refractivity contribution >= 4 is 11.8 Å². The zero-order valence-electron chi connectivity index (χ0n) is 20.0. The van der Waals surface area contributed by atoms with Gasteiger partial charge in [0.2, 0.25) is 0 Å². The molecule has 176 valence electrons. The zero-order chi connectivity index (χ0) is 24.0. The molecular weight excluding hydrogens is 407 g/mol. The van der Waals surface area contributed by atoms with Crippen LogP contribution in [0.4, 0.5) is 4.39 Å². The van der Waals surface area contributed by atoms with Crippen LogP contribution in [0.15, 0.2) is 60.2 Å². The molecule has 0 bridgehead atoms. The Balaban J connectivity index is 0.000000333. The fourth-order valence-electron chi connectivity index (χ4n) is 2.88. The van der Waals surface area contributed by atoms with Crippen LogP contribution in [0.2, 0.25) is 0 Å². The third-order valence-corrected chi connectivity index (χ3v) is 4.79. The summed E-state index contributed by atoms with van der Waals surface area (Å²) in [7, 11) is 0. The normalized spacial score (nSPS) is 14.7. The molecule has 0 atom stereocenters. The molecule has 1 aliphatic carbocycles. The van der Waals surface area contributed by atoms with E-state index in [0.29, 0.717) is 12.4 Å². The lowest BCUT2D eigenvalue weighted by Gasteiger charge is -2.23. The average Bonchev–Trinajstić information content (AvgIpc) is 3.13. The number of esters is 1. The van der Waals surface area contributed by atoms with Gasteiger partial charge in [0.05, 0.1) is 18.1 Å². The minimum absolute atomic E-state index is 0.0245. The summed E-state index contributed by atoms with van der Waals surface area (Å²) in [5, 5.41) is 0. The van der Waals surface area contributed by atoms with Crippen molar-refractivity contribution < 1.29 is 23.5 Å². The smallest absolute Gasteiger partial charge is 0.311 e. The van der Waals surface area contributed by atoms with Gasteiger partial charge in [-0.3, -0.25) is 9.59 Å². The second kappa shape index (κ2) is 14.4. The number of unbranched alkanes of at least 4 members (excludes halogenated alkanes) is 1. The quantitative estimate of drug-likeness (QED) is 0.173. The van der Waals surface area contributed by atoms with Gasteiger partial charge in [0, 0.05) is 6.07 Å². The fraction of sp³-hybridized carbons (Fsp3) is 0.481. The van der Waals surface area contributed by atoms with E-state index in [2.05, 4.69) is 6.08 Å². The number of hydrogen-bond donors (Lipinski definition) is 0. The fourth-order valence-corrected chi connectivity index (χ4v) is 2.88. The Bertz CT molecular complexity index is 819. The first-order valence-corrected chi connectivity index (χ1v) is 11.3. The SMILES string of the molecule is C/C=C\CCC(C)(C)C(=O)OC(C)C.O=C1C=CC/C1=C\CCCOc1cccc(F)c1. The third-order valence-electron chi connectivity index (χ3n) is 4.79. The molecule has 1 aromatic rings. The van der Waals surface area contributed by atoms with Crippen LogP contribution in [0, 0.1) is 11.2 Å². The molecule has 1 aromatic carbocycles. The summed E-state index contributed by atoms with van der Waals surface area (Å²) in [5.74, 6) is 0.261. The van der Waals surface area contributed by atoms with Gasteiger partial charge in [-0.05, 0) is 90.5 Å². The third kappa shape index (κ3) is 11.1. The van der Waals surface area contributed by atoms with E-state index in [-0.39, 0.29) is 29.1 Å². The predicted molar refractivity (Wildman–Crippen MR) is 127 cm³/mol. The summed E-state index contributed by atoms with van der Waals surface area (Å²) < 4.78 is 23.4. The molecule has 0 spiro atoms. The molecule has 0 saturated carbocycles. The molecule has 0 aliphatic heterocycles. The minimum Gasteiger partial charge on any atom is -0.493 e. The Morgan fingerprint density at radius 2 is 2.00 bits per heavy atom. The number of halogens is 1. The number of ether oxygens (including phenoxy) is 2. The van der Waals surface area contributed by atoms with Crippen LogP contribution < -0.4 is 4.74 Å². The largest absolute Gasteiger partial charge is 0.493 e. The molecule has 0 radical (unpaired) electrons. The van der Waals surface area contributed by atoms with Crippen molar-refractivity contribution in [1.29, 1.82) is 0 Å². The maximum atomic E-state index is 12.9. The van der Waals surface area contributed by atoms with Crippen molar-refractivity contribution in [2.45, 2.75) is 72.8 Å². The van der Waals surface area contributed by atoms with E-state index < -0.39 is 0 Å². The van der Waals surface area contributed by atoms with E-state index in [9.17, 15) is 14.0 Å². The standard InChI is InChI=1S/C15H15FO2.C12H22O2/c16-13-7-4-8-14(11-13)18-10-2-1-5-12-6-3-9-15(12)17;1-6-7-8-9-12(4,5)11(13)14-10(2)3/h3-5,7-9,11H,1-2,6,10H2;6-7,10H,8-9H2,1-5H3/b12-5+;7-6-. The van der Waals surface area contributed by atoms with E-state index in [1.54, 1.807) is 18.2 Å². The molecule has 32 heavy (non-hydrogen) atoms. The van der Waals surface area contributed by atoms with Gasteiger partial charge < -0.3 is 9.47 Å². The Kier molecular flexibility index (Phi) is 12.3. The zero-order valence-corrected chi connectivity index (χ0v) is 20.0. The predicted octanol–water partition coefficient (Wildman–Crippen LogP) is 6.76. The number of benzene rings is 1. The lowest BCUT2D eigenvalue weighted by Crippen LogP contribution is -2.28. The van der Waals surface area contributed by atoms with E-state index in [1.165, 1.54) is 12.1 Å². The van der Waals surface area contributed by atoms with Gasteiger partial charge in [-0.15, -0.1) is 0 Å². The summed E-state index contributed by atoms with van der Waals surface area (Å²) in [6, 6.07) is 6.10. The maximum Gasteiger partial charge on any atom is 0.311 e. The molecule has 0 heterocycles. The van der Waals surface area contributed by atoms with Crippen molar-refractivity contribution in [3.8, 4) is 5.75 Å². The van der Waals surface area contributed by atoms with Gasteiger partial charge in [-0.1, -0.05) is 30.4 Å². The maximum absolute atomic E-state index is 12.9. The van der Waals surface area contributed by atoms with E-state index >= 15 is 0 Å². The van der Waals surface area contributed by atoms with Crippen LogP contribution >= 0.6 is 0 Å². The first kappa shape index (κ1) is 27.3. The highest BCUT2D eigenvalue weighted by molar-refractivity contribution is 6.06. The lowest BCUT2D eigenvalue weighted by molar-refractivity contribution is -0.158. The molecular formula is C27H37FO4. The Labute approximate surface area is 192 Å². The molecule has 0 unspecified atom stereocenters. The molecule has 0 aromatic heterocycles. The van der Waals surface area contributed by atoms with Gasteiger partial charge in [-0.25, -0.2) is 4.39 Å². The number of allylic oxidation sites excluding steroid dienone is 6. The van der Waals surface area contributed by atoms with E-state index in [1.807, 2.05) is 52.8 Å². The van der Waals surface area contributed by atoms with Crippen LogP contribution in [0.1, 0.15) is 66.7 Å². The van der Waals surface area contributed by atoms with Crippen LogP contribution in [0.25, 0.3) is 0 Å². The van der Waals surface area contributed by atoms with Gasteiger partial charge in [0.25, 0.3) is 0 Å². The highest BCUT2D eigenvalue weighted by Gasteiger charge is 2.28. The van der Waals surface area contributed by atoms with Crippen LogP contribution in [-0.2, 0) is 14.3 Å². The van der Waals surface area contributed by atoms with Crippen LogP contribution in [-0.4, -0.2) is 24.5 Å². The Morgan fingerprint density at radius 1 is 1.25 bits per heavy atom. The molecule has 1 aliphatic rings. The number of carbonyl (C=O) groups excluding carboxylic acids is 2. The average molecular weight is 445 g/mol. The molecule has 0 saturated heterocycles. The van der Waals surface area contributed by atoms with Crippen molar-refractivity contribution in [3.63, 3.8) is 0 Å². The second-order valence-electron chi connectivity index (χ2n) is 8.59. The van der Waals surface area contributed by atoms with Crippen LogP contribution in [0.3, 0.4) is 0 Å². The van der Waals surface area contributed by atoms with E-state index in [0.717, 1.165) is 37.7 Å². The number of carbonyl (C=O) groups is 2. The topological polar surface area (TPSA) is 52.6 Å². The Morgan fingerprint density at radius 3 is 2.59 bits per heavy atom. The lowest BCUT2D eigenvalue weighted by atomic mass is 9.88. The first-order valence-electron chi connectivity index (χ1n) is 11.3. The molecule has 0 amide bonds. The summed E-state index contributed by atoms with van der Waals surface area (Å²) in [6.45, 7) is 10.1. The van der Waals surface area contributed by atoms with Gasteiger partial charge in [0.15, 0.2) is 5.78 Å². The highest BCUT2D eigenvalue weighted by Crippen LogP contribution is 2.25. The van der Waals surface area contributed by atoms with E-state index in [4.69, 9.17) is 9.47 Å². The van der Waals surface area contributed by atoms with Crippen molar-refractivity contribution in [2.24, 2.45) is 5.41 Å². The van der Waals surface area contributed by atoms with Gasteiger partial charge >= 0.3 is 5.97 Å². The summed E-state index contributed by atoms with van der Waals surface area (Å²) in [5.41, 5.74) is 0.491. The number of rotatable bonds is 10. The molecule has 5 heteroatoms. The number of hydrogen-bond acceptors (Lipinski definition) is 4. The molecule has 4 nitrogen and oxygen atoms in total. The molecule has 0 fully saturated rings. The summed E-state index contributed by atoms with van der Waals surface area (Å²) in [4.78, 5) is 22.9. The molecule has 0 N–H and O–H groups in total. The number of ketones is 1. The summed E-state index contributed by atoms with van der Waals surface area (Å²) in [6.07, 6.45) is 13.6. The van der Waals surface area contributed by atoms with Crippen molar-refractivity contribution in [3.05, 3.63) is 66.0 Å². The van der Waals surface area contributed by atoms with Crippen molar-refractivity contribution in [2.75, 3.05) is 6.61 Å². The monoisotopic (exact) mass is 444 g/mol. The minimum atomic E-state index is -0.371. The van der Waals surface area contributed by atoms with Gasteiger partial charge in [-0.2, -0.15) is 0 Å². The van der Waals surface area contributed by atoms with Crippen molar-refractivity contribution in [1.82, 2.24) is 0 Å². The molecule has 2 rings (SSSR count). The van der Waals surface area contributed by atoms with Gasteiger partial charge in [0.1, 0.15) is 11.6 Å². The highest BCUT2D eigenvalue weighted by atomic mass is 19.1. The first-order chi connectivity index (χ1) is 15.2. The Hall–Kier alpha value is -2.69. The van der Waals surface area contributed by atoms with Crippen LogP contribution in [0.5, 0.6) is 5.75 Å².